The predicted octanol–water partition coefficient (Wildman–Crippen LogP) is 2.33. The van der Waals surface area contributed by atoms with Gasteiger partial charge in [-0.2, -0.15) is 0 Å². The van der Waals surface area contributed by atoms with Crippen LogP contribution in [-0.4, -0.2) is 20.4 Å². The van der Waals surface area contributed by atoms with Gasteiger partial charge in [-0.15, -0.1) is 0 Å². The van der Waals surface area contributed by atoms with Gasteiger partial charge in [0, 0.05) is 5.69 Å². The number of amides is 3. The third kappa shape index (κ3) is 3.23. The molecular weight excluding hydrogens is 385 g/mol. The maximum atomic E-state index is 13.1. The second-order valence-electron chi connectivity index (χ2n) is 5.79. The fourth-order valence-electron chi connectivity index (χ4n) is 2.54. The van der Waals surface area contributed by atoms with Crippen LogP contribution in [0.2, 0.25) is 5.02 Å². The Hall–Kier alpha value is -2.65. The summed E-state index contributed by atoms with van der Waals surface area (Å²) in [6.07, 6.45) is 0. The number of hydrogen-bond acceptors (Lipinski definition) is 4. The molecule has 2 aromatic carbocycles. The number of carbonyl (C=O) groups excluding carboxylic acids is 2. The van der Waals surface area contributed by atoms with Crippen molar-refractivity contribution in [3.63, 3.8) is 0 Å². The first-order chi connectivity index (χ1) is 12.1. The highest BCUT2D eigenvalue weighted by atomic mass is 35.5. The van der Waals surface area contributed by atoms with Gasteiger partial charge in [0.25, 0.3) is 15.9 Å². The Morgan fingerprint density at radius 1 is 1.15 bits per heavy atom. The second-order valence-corrected chi connectivity index (χ2v) is 7.85. The van der Waals surface area contributed by atoms with Gasteiger partial charge < -0.3 is 5.32 Å². The molecule has 1 aliphatic heterocycles. The highest BCUT2D eigenvalue weighted by Gasteiger charge is 2.43. The molecule has 26 heavy (non-hydrogen) atoms. The summed E-state index contributed by atoms with van der Waals surface area (Å²) in [5, 5.41) is 4.36. The summed E-state index contributed by atoms with van der Waals surface area (Å²) >= 11 is 5.81. The monoisotopic (exact) mass is 397 g/mol. The Balaban J connectivity index is 1.94. The van der Waals surface area contributed by atoms with Crippen LogP contribution >= 0.6 is 11.6 Å². The van der Waals surface area contributed by atoms with E-state index in [2.05, 4.69) is 15.4 Å². The van der Waals surface area contributed by atoms with Crippen LogP contribution in [0, 0.1) is 5.82 Å². The van der Waals surface area contributed by atoms with Gasteiger partial charge in [-0.1, -0.05) is 23.7 Å². The van der Waals surface area contributed by atoms with Crippen LogP contribution in [0.15, 0.2) is 47.4 Å². The van der Waals surface area contributed by atoms with Crippen molar-refractivity contribution >= 4 is 39.2 Å². The molecule has 0 saturated carbocycles. The smallest absolute Gasteiger partial charge is 0.320 e. The number of imide groups is 1. The first kappa shape index (κ1) is 18.2. The van der Waals surface area contributed by atoms with E-state index in [1.54, 1.807) is 6.07 Å². The molecule has 0 aromatic heterocycles. The van der Waals surface area contributed by atoms with E-state index in [9.17, 15) is 22.4 Å². The Kier molecular flexibility index (Phi) is 4.37. The SMILES string of the molecule is CC1(c2cccc(NS(=O)(=O)c3ccc(F)cc3Cl)c2)NC(=O)NC1=O. The van der Waals surface area contributed by atoms with E-state index in [1.165, 1.54) is 25.1 Å². The second kappa shape index (κ2) is 6.26. The number of halogens is 2. The molecule has 1 aliphatic rings. The standard InChI is InChI=1S/C16H13ClFN3O4S/c1-16(14(22)19-15(23)20-16)9-3-2-4-11(7-9)21-26(24,25)13-6-5-10(18)8-12(13)17/h2-8,21H,1H3,(H2,19,20,22,23). The molecule has 1 fully saturated rings. The number of anilines is 1. The molecule has 0 spiro atoms. The molecule has 0 radical (unpaired) electrons. The Morgan fingerprint density at radius 3 is 2.50 bits per heavy atom. The topological polar surface area (TPSA) is 104 Å². The van der Waals surface area contributed by atoms with Crippen molar-refractivity contribution < 1.29 is 22.4 Å². The van der Waals surface area contributed by atoms with Gasteiger partial charge in [-0.3, -0.25) is 14.8 Å². The zero-order chi connectivity index (χ0) is 19.1. The first-order valence-corrected chi connectivity index (χ1v) is 9.20. The van der Waals surface area contributed by atoms with E-state index in [1.807, 2.05) is 0 Å². The lowest BCUT2D eigenvalue weighted by molar-refractivity contribution is -0.123. The van der Waals surface area contributed by atoms with Gasteiger partial charge in [0.15, 0.2) is 0 Å². The number of urea groups is 1. The van der Waals surface area contributed by atoms with Gasteiger partial charge in [0.1, 0.15) is 16.3 Å². The van der Waals surface area contributed by atoms with Crippen molar-refractivity contribution in [2.75, 3.05) is 4.72 Å². The highest BCUT2D eigenvalue weighted by Crippen LogP contribution is 2.29. The van der Waals surface area contributed by atoms with Gasteiger partial charge in [-0.05, 0) is 42.8 Å². The van der Waals surface area contributed by atoms with Crippen molar-refractivity contribution in [3.8, 4) is 0 Å². The summed E-state index contributed by atoms with van der Waals surface area (Å²) in [5.74, 6) is -1.21. The lowest BCUT2D eigenvalue weighted by Gasteiger charge is -2.22. The molecule has 7 nitrogen and oxygen atoms in total. The minimum atomic E-state index is -4.08. The summed E-state index contributed by atoms with van der Waals surface area (Å²) in [7, 11) is -4.08. The van der Waals surface area contributed by atoms with E-state index in [0.29, 0.717) is 5.56 Å². The van der Waals surface area contributed by atoms with Crippen LogP contribution in [-0.2, 0) is 20.4 Å². The number of sulfonamides is 1. The van der Waals surface area contributed by atoms with Crippen molar-refractivity contribution in [3.05, 3.63) is 58.9 Å². The molecule has 136 valence electrons. The number of benzene rings is 2. The van der Waals surface area contributed by atoms with Crippen LogP contribution in [0.25, 0.3) is 0 Å². The van der Waals surface area contributed by atoms with E-state index in [0.717, 1.165) is 18.2 Å². The van der Waals surface area contributed by atoms with Gasteiger partial charge >= 0.3 is 6.03 Å². The van der Waals surface area contributed by atoms with E-state index >= 15 is 0 Å². The van der Waals surface area contributed by atoms with E-state index in [-0.39, 0.29) is 15.6 Å². The maximum absolute atomic E-state index is 13.1. The minimum absolute atomic E-state index is 0.151. The minimum Gasteiger partial charge on any atom is -0.320 e. The third-order valence-electron chi connectivity index (χ3n) is 3.92. The summed E-state index contributed by atoms with van der Waals surface area (Å²) in [5.41, 5.74) is -0.796. The fraction of sp³-hybridized carbons (Fsp3) is 0.125. The van der Waals surface area contributed by atoms with Crippen LogP contribution in [0.3, 0.4) is 0 Å². The van der Waals surface area contributed by atoms with Gasteiger partial charge in [-0.25, -0.2) is 17.6 Å². The normalized spacial score (nSPS) is 19.8. The van der Waals surface area contributed by atoms with Crippen molar-refractivity contribution in [1.29, 1.82) is 0 Å². The van der Waals surface area contributed by atoms with Crippen LogP contribution in [0.4, 0.5) is 14.9 Å². The average Bonchev–Trinajstić information content (AvgIpc) is 2.80. The molecule has 1 unspecified atom stereocenters. The Morgan fingerprint density at radius 2 is 1.88 bits per heavy atom. The zero-order valence-electron chi connectivity index (χ0n) is 13.3. The number of hydrogen-bond donors (Lipinski definition) is 3. The summed E-state index contributed by atoms with van der Waals surface area (Å²) in [6.45, 7) is 1.50. The number of nitrogens with one attached hydrogen (secondary N) is 3. The van der Waals surface area contributed by atoms with Crippen LogP contribution in [0.1, 0.15) is 12.5 Å². The highest BCUT2D eigenvalue weighted by molar-refractivity contribution is 7.92. The lowest BCUT2D eigenvalue weighted by atomic mass is 9.92. The van der Waals surface area contributed by atoms with E-state index < -0.39 is 33.3 Å². The number of carbonyl (C=O) groups is 2. The van der Waals surface area contributed by atoms with Crippen LogP contribution < -0.4 is 15.4 Å². The third-order valence-corrected chi connectivity index (χ3v) is 5.78. The van der Waals surface area contributed by atoms with Crippen molar-refractivity contribution in [2.45, 2.75) is 17.4 Å². The molecule has 1 heterocycles. The Bertz CT molecular complexity index is 1030. The summed E-state index contributed by atoms with van der Waals surface area (Å²) < 4.78 is 40.4. The lowest BCUT2D eigenvalue weighted by Crippen LogP contribution is -2.40. The molecule has 3 rings (SSSR count). The average molecular weight is 398 g/mol. The number of rotatable bonds is 4. The summed E-state index contributed by atoms with van der Waals surface area (Å²) in [6, 6.07) is 8.28. The van der Waals surface area contributed by atoms with Gasteiger partial charge in [0.2, 0.25) is 0 Å². The molecule has 1 saturated heterocycles. The maximum Gasteiger partial charge on any atom is 0.322 e. The zero-order valence-corrected chi connectivity index (χ0v) is 14.9. The first-order valence-electron chi connectivity index (χ1n) is 7.34. The van der Waals surface area contributed by atoms with E-state index in [4.69, 9.17) is 11.6 Å². The van der Waals surface area contributed by atoms with Crippen molar-refractivity contribution in [1.82, 2.24) is 10.6 Å². The molecule has 10 heteroatoms. The molecule has 0 aliphatic carbocycles. The molecule has 3 amide bonds. The Labute approximate surface area is 153 Å². The van der Waals surface area contributed by atoms with Gasteiger partial charge in [0.05, 0.1) is 5.02 Å². The molecule has 3 N–H and O–H groups in total. The molecule has 0 bridgehead atoms. The molecule has 1 atom stereocenters. The predicted molar refractivity (Wildman–Crippen MR) is 92.7 cm³/mol. The summed E-state index contributed by atoms with van der Waals surface area (Å²) in [4.78, 5) is 23.1. The fourth-order valence-corrected chi connectivity index (χ4v) is 4.13. The molecule has 2 aromatic rings. The quantitative estimate of drug-likeness (QED) is 0.688. The van der Waals surface area contributed by atoms with Crippen LogP contribution in [0.5, 0.6) is 0 Å². The molecular formula is C16H13ClFN3O4S. The van der Waals surface area contributed by atoms with Crippen molar-refractivity contribution in [2.24, 2.45) is 0 Å². The largest absolute Gasteiger partial charge is 0.322 e.